The van der Waals surface area contributed by atoms with E-state index in [0.29, 0.717) is 11.8 Å². The predicted octanol–water partition coefficient (Wildman–Crippen LogP) is 8.23. The fourth-order valence-electron chi connectivity index (χ4n) is 4.42. The summed E-state index contributed by atoms with van der Waals surface area (Å²) in [7, 11) is 0. The third-order valence-corrected chi connectivity index (χ3v) is 6.38. The summed E-state index contributed by atoms with van der Waals surface area (Å²) in [5.41, 5.74) is 8.96. The monoisotopic (exact) mass is 405 g/mol. The van der Waals surface area contributed by atoms with Crippen LogP contribution in [0.15, 0.2) is 83.4 Å². The van der Waals surface area contributed by atoms with E-state index in [1.165, 1.54) is 33.0 Å². The van der Waals surface area contributed by atoms with E-state index in [1.807, 2.05) is 6.20 Å². The number of fused-ring (bicyclic) bond motifs is 3. The number of pyridine rings is 1. The van der Waals surface area contributed by atoms with Gasteiger partial charge in [-0.3, -0.25) is 4.98 Å². The molecule has 0 aliphatic rings. The third kappa shape index (κ3) is 3.42. The Kier molecular flexibility index (Phi) is 4.86. The quantitative estimate of drug-likeness (QED) is 0.301. The molecule has 0 aliphatic carbocycles. The van der Waals surface area contributed by atoms with Gasteiger partial charge < -0.3 is 4.42 Å². The van der Waals surface area contributed by atoms with Gasteiger partial charge in [0.05, 0.1) is 5.69 Å². The van der Waals surface area contributed by atoms with Crippen LogP contribution >= 0.6 is 0 Å². The summed E-state index contributed by atoms with van der Waals surface area (Å²) in [6.07, 6.45) is 1.90. The van der Waals surface area contributed by atoms with Gasteiger partial charge in [0.1, 0.15) is 11.2 Å². The Balaban J connectivity index is 1.68. The first-order chi connectivity index (χ1) is 15.0. The minimum Gasteiger partial charge on any atom is -0.455 e. The second kappa shape index (κ2) is 7.70. The molecule has 1 atom stereocenters. The average Bonchev–Trinajstić information content (AvgIpc) is 3.19. The lowest BCUT2D eigenvalue weighted by atomic mass is 9.92. The Labute approximate surface area is 183 Å². The Hall–Kier alpha value is -3.39. The molecule has 5 aromatic rings. The molecule has 2 heterocycles. The zero-order valence-corrected chi connectivity index (χ0v) is 18.5. The van der Waals surface area contributed by atoms with Crippen molar-refractivity contribution < 1.29 is 4.42 Å². The third-order valence-electron chi connectivity index (χ3n) is 6.38. The van der Waals surface area contributed by atoms with Gasteiger partial charge in [-0.15, -0.1) is 0 Å². The van der Waals surface area contributed by atoms with Crippen molar-refractivity contribution >= 4 is 21.9 Å². The number of aryl methyl sites for hydroxylation is 1. The van der Waals surface area contributed by atoms with Crippen LogP contribution in [0, 0.1) is 6.92 Å². The predicted molar refractivity (Wildman–Crippen MR) is 130 cm³/mol. The highest BCUT2D eigenvalue weighted by molar-refractivity contribution is 6.11. The van der Waals surface area contributed by atoms with E-state index >= 15 is 0 Å². The van der Waals surface area contributed by atoms with Crippen LogP contribution in [0.2, 0.25) is 0 Å². The summed E-state index contributed by atoms with van der Waals surface area (Å²) in [6.45, 7) is 8.82. The van der Waals surface area contributed by atoms with Gasteiger partial charge in [-0.05, 0) is 59.4 Å². The molecule has 1 unspecified atom stereocenters. The summed E-state index contributed by atoms with van der Waals surface area (Å²) < 4.78 is 6.51. The van der Waals surface area contributed by atoms with Crippen LogP contribution in [0.25, 0.3) is 33.2 Å². The van der Waals surface area contributed by atoms with Crippen molar-refractivity contribution in [1.82, 2.24) is 4.98 Å². The van der Waals surface area contributed by atoms with Gasteiger partial charge in [0, 0.05) is 28.5 Å². The first-order valence-electron chi connectivity index (χ1n) is 11.0. The van der Waals surface area contributed by atoms with Gasteiger partial charge in [0.15, 0.2) is 0 Å². The highest BCUT2D eigenvalue weighted by Gasteiger charge is 2.17. The zero-order valence-electron chi connectivity index (χ0n) is 18.5. The molecule has 0 aliphatic heterocycles. The van der Waals surface area contributed by atoms with Crippen molar-refractivity contribution in [3.05, 3.63) is 101 Å². The smallest absolute Gasteiger partial charge is 0.145 e. The average molecular weight is 406 g/mol. The fourth-order valence-corrected chi connectivity index (χ4v) is 4.42. The Morgan fingerprint density at radius 2 is 1.58 bits per heavy atom. The second-order valence-corrected chi connectivity index (χ2v) is 8.75. The summed E-state index contributed by atoms with van der Waals surface area (Å²) in [4.78, 5) is 4.67. The van der Waals surface area contributed by atoms with Gasteiger partial charge in [-0.25, -0.2) is 0 Å². The number of hydrogen-bond donors (Lipinski definition) is 0. The highest BCUT2D eigenvalue weighted by atomic mass is 16.3. The molecular formula is C29H27NO. The van der Waals surface area contributed by atoms with Gasteiger partial charge in [-0.2, -0.15) is 0 Å². The standard InChI is InChI=1S/C29H27NO/c1-18(2)22-14-15-30-26(16-22)24-12-10-19(3)28-25-13-11-23(17-27(25)31-29(24)28)20(4)21-8-6-5-7-9-21/h5-18,20H,1-4H3. The molecule has 0 radical (unpaired) electrons. The van der Waals surface area contributed by atoms with Crippen LogP contribution in [0.3, 0.4) is 0 Å². The van der Waals surface area contributed by atoms with Crippen LogP contribution in [0.4, 0.5) is 0 Å². The number of benzene rings is 3. The zero-order chi connectivity index (χ0) is 21.5. The Morgan fingerprint density at radius 1 is 0.774 bits per heavy atom. The van der Waals surface area contributed by atoms with Crippen LogP contribution in [0.1, 0.15) is 54.9 Å². The lowest BCUT2D eigenvalue weighted by Gasteiger charge is -2.12. The molecule has 0 amide bonds. The summed E-state index contributed by atoms with van der Waals surface area (Å²) >= 11 is 0. The molecule has 5 rings (SSSR count). The van der Waals surface area contributed by atoms with Crippen LogP contribution < -0.4 is 0 Å². The molecule has 154 valence electrons. The minimum atomic E-state index is 0.309. The topological polar surface area (TPSA) is 26.0 Å². The number of rotatable bonds is 4. The van der Waals surface area contributed by atoms with Crippen LogP contribution in [-0.4, -0.2) is 4.98 Å². The Bertz CT molecular complexity index is 1380. The molecule has 2 heteroatoms. The normalized spacial score (nSPS) is 12.7. The Morgan fingerprint density at radius 3 is 2.35 bits per heavy atom. The maximum absolute atomic E-state index is 6.51. The van der Waals surface area contributed by atoms with Gasteiger partial charge >= 0.3 is 0 Å². The number of hydrogen-bond acceptors (Lipinski definition) is 2. The van der Waals surface area contributed by atoms with Crippen molar-refractivity contribution in [2.24, 2.45) is 0 Å². The van der Waals surface area contributed by atoms with Gasteiger partial charge in [0.25, 0.3) is 0 Å². The van der Waals surface area contributed by atoms with E-state index in [0.717, 1.165) is 22.4 Å². The van der Waals surface area contributed by atoms with E-state index in [1.54, 1.807) is 0 Å². The van der Waals surface area contributed by atoms with E-state index in [-0.39, 0.29) is 0 Å². The first kappa shape index (κ1) is 19.6. The van der Waals surface area contributed by atoms with E-state index < -0.39 is 0 Å². The fraction of sp³-hybridized carbons (Fsp3) is 0.207. The van der Waals surface area contributed by atoms with Crippen molar-refractivity contribution in [2.75, 3.05) is 0 Å². The number of furan rings is 1. The molecule has 0 spiro atoms. The van der Waals surface area contributed by atoms with E-state index in [2.05, 4.69) is 105 Å². The molecule has 0 N–H and O–H groups in total. The van der Waals surface area contributed by atoms with Crippen molar-refractivity contribution in [2.45, 2.75) is 39.5 Å². The lowest BCUT2D eigenvalue weighted by Crippen LogP contribution is -1.95. The molecule has 3 aromatic carbocycles. The molecule has 0 saturated carbocycles. The number of nitrogens with zero attached hydrogens (tertiary/aromatic N) is 1. The van der Waals surface area contributed by atoms with Gasteiger partial charge in [0.2, 0.25) is 0 Å². The lowest BCUT2D eigenvalue weighted by molar-refractivity contribution is 0.668. The summed E-state index contributed by atoms with van der Waals surface area (Å²) in [5.74, 6) is 0.768. The molecule has 31 heavy (non-hydrogen) atoms. The number of aromatic nitrogens is 1. The molecule has 0 bridgehead atoms. The summed E-state index contributed by atoms with van der Waals surface area (Å²) in [5, 5.41) is 2.35. The van der Waals surface area contributed by atoms with E-state index in [4.69, 9.17) is 4.42 Å². The molecule has 0 fully saturated rings. The van der Waals surface area contributed by atoms with Crippen molar-refractivity contribution in [1.29, 1.82) is 0 Å². The second-order valence-electron chi connectivity index (χ2n) is 8.75. The molecular weight excluding hydrogens is 378 g/mol. The van der Waals surface area contributed by atoms with Crippen LogP contribution in [0.5, 0.6) is 0 Å². The van der Waals surface area contributed by atoms with Crippen molar-refractivity contribution in [3.8, 4) is 11.3 Å². The van der Waals surface area contributed by atoms with Crippen LogP contribution in [-0.2, 0) is 0 Å². The maximum atomic E-state index is 6.51. The largest absolute Gasteiger partial charge is 0.455 e. The molecule has 2 aromatic heterocycles. The molecule has 2 nitrogen and oxygen atoms in total. The minimum absolute atomic E-state index is 0.309. The SMILES string of the molecule is Cc1ccc(-c2cc(C(C)C)ccn2)c2oc3cc(C(C)c4ccccc4)ccc3c12. The highest BCUT2D eigenvalue weighted by Crippen LogP contribution is 2.39. The first-order valence-corrected chi connectivity index (χ1v) is 11.0. The van der Waals surface area contributed by atoms with Crippen molar-refractivity contribution in [3.63, 3.8) is 0 Å². The molecule has 0 saturated heterocycles. The maximum Gasteiger partial charge on any atom is 0.145 e. The summed E-state index contributed by atoms with van der Waals surface area (Å²) in [6, 6.07) is 25.9. The van der Waals surface area contributed by atoms with E-state index in [9.17, 15) is 0 Å². The van der Waals surface area contributed by atoms with Gasteiger partial charge in [-0.1, -0.05) is 69.3 Å².